The maximum Gasteiger partial charge on any atom is 0.354 e. The molecule has 1 aliphatic carbocycles. The molecule has 6 nitrogen and oxygen atoms in total. The van der Waals surface area contributed by atoms with E-state index in [1.54, 1.807) is 0 Å². The van der Waals surface area contributed by atoms with Crippen molar-refractivity contribution < 1.29 is 0 Å². The van der Waals surface area contributed by atoms with Crippen LogP contribution >= 0.6 is 11.8 Å². The van der Waals surface area contributed by atoms with Crippen LogP contribution in [0.4, 0.5) is 0 Å². The summed E-state index contributed by atoms with van der Waals surface area (Å²) in [5.41, 5.74) is -0.924. The monoisotopic (exact) mass is 256 g/mol. The number of hydrogen-bond donors (Lipinski definition) is 1. The fourth-order valence-electron chi connectivity index (χ4n) is 2.18. The van der Waals surface area contributed by atoms with E-state index in [0.717, 1.165) is 36.1 Å². The molecule has 1 fully saturated rings. The van der Waals surface area contributed by atoms with Gasteiger partial charge in [0.25, 0.3) is 0 Å². The lowest BCUT2D eigenvalue weighted by molar-refractivity contribution is 0.439. The van der Waals surface area contributed by atoms with E-state index >= 15 is 0 Å². The van der Waals surface area contributed by atoms with E-state index in [0.29, 0.717) is 0 Å². The minimum Gasteiger partial charge on any atom is -0.333 e. The predicted molar refractivity (Wildman–Crippen MR) is 66.8 cm³/mol. The normalized spacial score (nSPS) is 16.5. The highest BCUT2D eigenvalue weighted by molar-refractivity contribution is 7.99. The average Bonchev–Trinajstić information content (AvgIpc) is 2.79. The van der Waals surface area contributed by atoms with Crippen LogP contribution in [0.1, 0.15) is 38.6 Å². The molecule has 0 bridgehead atoms. The third kappa shape index (κ3) is 2.24. The molecule has 1 heterocycles. The molecule has 0 atom stereocenters. The highest BCUT2D eigenvalue weighted by atomic mass is 32.2. The maximum atomic E-state index is 12.0. The lowest BCUT2D eigenvalue weighted by Gasteiger charge is -2.13. The van der Waals surface area contributed by atoms with Crippen LogP contribution < -0.4 is 17.2 Å². The number of thioether (sulfide) groups is 1. The average molecular weight is 256 g/mol. The first kappa shape index (κ1) is 12.2. The van der Waals surface area contributed by atoms with Gasteiger partial charge in [-0.05, 0) is 18.6 Å². The number of nitrogens with two attached hydrogens (primary N) is 1. The second kappa shape index (κ2) is 4.95. The van der Waals surface area contributed by atoms with Crippen molar-refractivity contribution in [1.82, 2.24) is 14.2 Å². The van der Waals surface area contributed by atoms with Crippen molar-refractivity contribution in [3.05, 3.63) is 21.0 Å². The van der Waals surface area contributed by atoms with E-state index in [1.165, 1.54) is 16.3 Å². The number of hydrogen-bond acceptors (Lipinski definition) is 5. The van der Waals surface area contributed by atoms with Gasteiger partial charge in [-0.1, -0.05) is 31.5 Å². The Balaban J connectivity index is 2.50. The fraction of sp³-hybridized carbons (Fsp3) is 0.700. The summed E-state index contributed by atoms with van der Waals surface area (Å²) < 4.78 is 2.18. The van der Waals surface area contributed by atoms with Gasteiger partial charge in [0, 0.05) is 6.04 Å². The summed E-state index contributed by atoms with van der Waals surface area (Å²) in [6, 6.07) is -0.0297. The molecule has 1 aromatic rings. The van der Waals surface area contributed by atoms with E-state index in [-0.39, 0.29) is 11.2 Å². The Morgan fingerprint density at radius 2 is 2.06 bits per heavy atom. The van der Waals surface area contributed by atoms with E-state index in [1.807, 2.05) is 6.92 Å². The largest absolute Gasteiger partial charge is 0.354 e. The van der Waals surface area contributed by atoms with Gasteiger partial charge in [-0.25, -0.2) is 14.2 Å². The maximum absolute atomic E-state index is 12.0. The fourth-order valence-corrected chi connectivity index (χ4v) is 2.79. The molecule has 94 valence electrons. The van der Waals surface area contributed by atoms with E-state index in [9.17, 15) is 9.59 Å². The molecular weight excluding hydrogens is 240 g/mol. The summed E-state index contributed by atoms with van der Waals surface area (Å²) in [7, 11) is 0. The quantitative estimate of drug-likeness (QED) is 0.623. The number of rotatable bonds is 3. The molecule has 0 aromatic carbocycles. The van der Waals surface area contributed by atoms with Crippen molar-refractivity contribution >= 4 is 11.8 Å². The molecule has 2 N–H and O–H groups in total. The molecule has 0 radical (unpaired) electrons. The minimum atomic E-state index is -0.473. The van der Waals surface area contributed by atoms with Crippen LogP contribution in [-0.2, 0) is 0 Å². The molecule has 1 saturated carbocycles. The van der Waals surface area contributed by atoms with Gasteiger partial charge in [-0.2, -0.15) is 9.66 Å². The lowest BCUT2D eigenvalue weighted by Crippen LogP contribution is -2.46. The predicted octanol–water partition coefficient (Wildman–Crippen LogP) is 0.346. The number of aromatic nitrogens is 3. The molecule has 0 amide bonds. The molecule has 0 aliphatic heterocycles. The van der Waals surface area contributed by atoms with Gasteiger partial charge in [0.05, 0.1) is 0 Å². The van der Waals surface area contributed by atoms with Gasteiger partial charge >= 0.3 is 11.4 Å². The first-order chi connectivity index (χ1) is 8.15. The van der Waals surface area contributed by atoms with E-state index in [4.69, 9.17) is 5.84 Å². The number of nitrogen functional groups attached to an aromatic ring is 1. The van der Waals surface area contributed by atoms with Crippen LogP contribution in [0.15, 0.2) is 14.7 Å². The minimum absolute atomic E-state index is 0.0297. The summed E-state index contributed by atoms with van der Waals surface area (Å²) in [6.45, 7) is 1.92. The van der Waals surface area contributed by atoms with Gasteiger partial charge in [-0.15, -0.1) is 0 Å². The van der Waals surface area contributed by atoms with E-state index < -0.39 is 11.4 Å². The van der Waals surface area contributed by atoms with Crippen LogP contribution in [0.3, 0.4) is 0 Å². The molecule has 0 unspecified atom stereocenters. The van der Waals surface area contributed by atoms with Gasteiger partial charge in [-0.3, -0.25) is 0 Å². The Labute approximate surface area is 103 Å². The molecule has 0 spiro atoms. The van der Waals surface area contributed by atoms with Gasteiger partial charge in [0.1, 0.15) is 0 Å². The molecule has 0 saturated heterocycles. The van der Waals surface area contributed by atoms with Crippen molar-refractivity contribution in [3.63, 3.8) is 0 Å². The van der Waals surface area contributed by atoms with Crippen molar-refractivity contribution in [3.8, 4) is 0 Å². The van der Waals surface area contributed by atoms with Crippen LogP contribution in [-0.4, -0.2) is 20.0 Å². The van der Waals surface area contributed by atoms with Gasteiger partial charge < -0.3 is 5.84 Å². The molecule has 2 rings (SSSR count). The summed E-state index contributed by atoms with van der Waals surface area (Å²) >= 11 is 1.29. The van der Waals surface area contributed by atoms with Crippen LogP contribution in [0, 0.1) is 0 Å². The van der Waals surface area contributed by atoms with Crippen LogP contribution in [0.5, 0.6) is 0 Å². The second-order valence-corrected chi connectivity index (χ2v) is 5.30. The second-order valence-electron chi connectivity index (χ2n) is 4.07. The Bertz CT molecular complexity index is 516. The summed E-state index contributed by atoms with van der Waals surface area (Å²) in [4.78, 5) is 27.7. The van der Waals surface area contributed by atoms with Crippen molar-refractivity contribution in [2.24, 2.45) is 0 Å². The Morgan fingerprint density at radius 1 is 1.41 bits per heavy atom. The molecule has 17 heavy (non-hydrogen) atoms. The third-order valence-electron chi connectivity index (χ3n) is 2.98. The topological polar surface area (TPSA) is 82.9 Å². The zero-order chi connectivity index (χ0) is 12.4. The smallest absolute Gasteiger partial charge is 0.333 e. The van der Waals surface area contributed by atoms with Crippen LogP contribution in [0.25, 0.3) is 0 Å². The first-order valence-corrected chi connectivity index (χ1v) is 6.77. The SMILES string of the molecule is CCSc1nc(=O)n(C2CCCC2)c(=O)n1N. The van der Waals surface area contributed by atoms with Crippen molar-refractivity contribution in [1.29, 1.82) is 0 Å². The standard InChI is InChI=1S/C10H16N4O2S/c1-2-17-9-12-8(15)13(10(16)14(9)11)7-5-3-4-6-7/h7H,2-6,11H2,1H3. The zero-order valence-corrected chi connectivity index (χ0v) is 10.6. The molecule has 7 heteroatoms. The van der Waals surface area contributed by atoms with Crippen molar-refractivity contribution in [2.45, 2.75) is 43.8 Å². The zero-order valence-electron chi connectivity index (χ0n) is 9.76. The van der Waals surface area contributed by atoms with E-state index in [2.05, 4.69) is 4.98 Å². The molecular formula is C10H16N4O2S. The third-order valence-corrected chi connectivity index (χ3v) is 3.81. The highest BCUT2D eigenvalue weighted by Gasteiger charge is 2.22. The first-order valence-electron chi connectivity index (χ1n) is 5.78. The van der Waals surface area contributed by atoms with Crippen molar-refractivity contribution in [2.75, 3.05) is 11.6 Å². The summed E-state index contributed by atoms with van der Waals surface area (Å²) in [5.74, 6) is 6.39. The highest BCUT2D eigenvalue weighted by Crippen LogP contribution is 2.26. The molecule has 1 aliphatic rings. The summed E-state index contributed by atoms with van der Waals surface area (Å²) in [5, 5.41) is 0.289. The Kier molecular flexibility index (Phi) is 3.56. The Hall–Kier alpha value is -1.24. The Morgan fingerprint density at radius 3 is 2.65 bits per heavy atom. The van der Waals surface area contributed by atoms with Gasteiger partial charge in [0.15, 0.2) is 5.16 Å². The van der Waals surface area contributed by atoms with Crippen LogP contribution in [0.2, 0.25) is 0 Å². The van der Waals surface area contributed by atoms with Gasteiger partial charge in [0.2, 0.25) is 0 Å². The summed E-state index contributed by atoms with van der Waals surface area (Å²) in [6.07, 6.45) is 3.81. The lowest BCUT2D eigenvalue weighted by atomic mass is 10.2. The number of nitrogens with zero attached hydrogens (tertiary/aromatic N) is 3. The molecule has 1 aromatic heterocycles.